The standard InChI is InChI=1S/C17H18FNO2/c1-10(2)15-16(20)13-9-12(18)5-6-14(13)19(17(15)21)8-7-11-3-4-11/h5-6,9,11,20H,1,3-4,7-8H2,2H3. The maximum Gasteiger partial charge on any atom is 0.262 e. The second-order valence-electron chi connectivity index (χ2n) is 5.85. The molecular formula is C17H18FNO2. The van der Waals surface area contributed by atoms with E-state index in [4.69, 9.17) is 0 Å². The molecular weight excluding hydrogens is 269 g/mol. The number of aromatic hydroxyl groups is 1. The fourth-order valence-electron chi connectivity index (χ4n) is 2.74. The van der Waals surface area contributed by atoms with Gasteiger partial charge in [0.15, 0.2) is 0 Å². The smallest absolute Gasteiger partial charge is 0.262 e. The molecule has 0 spiro atoms. The summed E-state index contributed by atoms with van der Waals surface area (Å²) in [5.74, 6) is 0.0806. The molecule has 1 aromatic heterocycles. The van der Waals surface area contributed by atoms with Gasteiger partial charge in [-0.15, -0.1) is 0 Å². The fourth-order valence-corrected chi connectivity index (χ4v) is 2.74. The molecule has 0 aliphatic heterocycles. The molecule has 0 atom stereocenters. The van der Waals surface area contributed by atoms with Gasteiger partial charge >= 0.3 is 0 Å². The normalized spacial score (nSPS) is 14.6. The van der Waals surface area contributed by atoms with E-state index < -0.39 is 5.82 Å². The third-order valence-corrected chi connectivity index (χ3v) is 4.08. The molecule has 4 heteroatoms. The summed E-state index contributed by atoms with van der Waals surface area (Å²) >= 11 is 0. The van der Waals surface area contributed by atoms with Gasteiger partial charge in [-0.3, -0.25) is 4.79 Å². The topological polar surface area (TPSA) is 42.2 Å². The Bertz CT molecular complexity index is 787. The number of aromatic nitrogens is 1. The van der Waals surface area contributed by atoms with E-state index in [1.165, 1.54) is 25.0 Å². The van der Waals surface area contributed by atoms with Crippen molar-refractivity contribution in [1.29, 1.82) is 0 Å². The average molecular weight is 287 g/mol. The summed E-state index contributed by atoms with van der Waals surface area (Å²) in [7, 11) is 0. The quantitative estimate of drug-likeness (QED) is 0.932. The summed E-state index contributed by atoms with van der Waals surface area (Å²) in [6.45, 7) is 6.02. The molecule has 21 heavy (non-hydrogen) atoms. The Morgan fingerprint density at radius 3 is 2.81 bits per heavy atom. The van der Waals surface area contributed by atoms with Gasteiger partial charge in [-0.2, -0.15) is 0 Å². The van der Waals surface area contributed by atoms with Crippen molar-refractivity contribution in [2.45, 2.75) is 32.7 Å². The molecule has 0 bridgehead atoms. The minimum absolute atomic E-state index is 0.176. The average Bonchev–Trinajstić information content (AvgIpc) is 3.23. The lowest BCUT2D eigenvalue weighted by Crippen LogP contribution is -2.24. The van der Waals surface area contributed by atoms with Crippen LogP contribution in [0.25, 0.3) is 16.5 Å². The van der Waals surface area contributed by atoms with Crippen molar-refractivity contribution in [3.8, 4) is 5.75 Å². The van der Waals surface area contributed by atoms with Gasteiger partial charge in [0.1, 0.15) is 11.6 Å². The Labute approximate surface area is 122 Å². The number of pyridine rings is 1. The van der Waals surface area contributed by atoms with Crippen molar-refractivity contribution in [3.63, 3.8) is 0 Å². The van der Waals surface area contributed by atoms with Gasteiger partial charge in [-0.25, -0.2) is 4.39 Å². The molecule has 110 valence electrons. The third-order valence-electron chi connectivity index (χ3n) is 4.08. The molecule has 1 aliphatic carbocycles. The van der Waals surface area contributed by atoms with E-state index >= 15 is 0 Å². The van der Waals surface area contributed by atoms with Crippen LogP contribution in [0, 0.1) is 11.7 Å². The van der Waals surface area contributed by atoms with E-state index in [1.54, 1.807) is 17.6 Å². The highest BCUT2D eigenvalue weighted by Gasteiger charge is 2.23. The summed E-state index contributed by atoms with van der Waals surface area (Å²) in [4.78, 5) is 12.6. The highest BCUT2D eigenvalue weighted by molar-refractivity contribution is 5.90. The van der Waals surface area contributed by atoms with Crippen LogP contribution in [-0.2, 0) is 6.54 Å². The van der Waals surface area contributed by atoms with Gasteiger partial charge in [0.25, 0.3) is 5.56 Å². The Morgan fingerprint density at radius 2 is 2.19 bits per heavy atom. The first-order chi connectivity index (χ1) is 9.99. The number of hydrogen-bond donors (Lipinski definition) is 1. The number of rotatable bonds is 4. The van der Waals surface area contributed by atoms with Crippen molar-refractivity contribution in [1.82, 2.24) is 4.57 Å². The molecule has 1 aliphatic rings. The minimum Gasteiger partial charge on any atom is -0.506 e. The van der Waals surface area contributed by atoms with Gasteiger partial charge in [0.2, 0.25) is 0 Å². The lowest BCUT2D eigenvalue weighted by molar-refractivity contribution is 0.475. The molecule has 1 aromatic carbocycles. The molecule has 1 heterocycles. The predicted octanol–water partition coefficient (Wildman–Crippen LogP) is 3.68. The number of fused-ring (bicyclic) bond motifs is 1. The summed E-state index contributed by atoms with van der Waals surface area (Å²) in [6, 6.07) is 4.14. The molecule has 0 unspecified atom stereocenters. The zero-order chi connectivity index (χ0) is 15.1. The van der Waals surface area contributed by atoms with Crippen molar-refractivity contribution in [3.05, 3.63) is 46.5 Å². The second-order valence-corrected chi connectivity index (χ2v) is 5.85. The van der Waals surface area contributed by atoms with Crippen LogP contribution in [0.2, 0.25) is 0 Å². The van der Waals surface area contributed by atoms with Crippen molar-refractivity contribution in [2.24, 2.45) is 5.92 Å². The summed E-state index contributed by atoms with van der Waals surface area (Å²) in [5.41, 5.74) is 0.997. The lowest BCUT2D eigenvalue weighted by Gasteiger charge is -2.15. The Kier molecular flexibility index (Phi) is 3.32. The number of benzene rings is 1. The molecule has 0 saturated heterocycles. The Hall–Kier alpha value is -2.10. The van der Waals surface area contributed by atoms with E-state index in [1.807, 2.05) is 0 Å². The van der Waals surface area contributed by atoms with E-state index in [0.717, 1.165) is 6.42 Å². The van der Waals surface area contributed by atoms with Crippen LogP contribution in [0.4, 0.5) is 4.39 Å². The summed E-state index contributed by atoms with van der Waals surface area (Å²) in [6.07, 6.45) is 3.37. The van der Waals surface area contributed by atoms with Crippen LogP contribution >= 0.6 is 0 Å². The first kappa shape index (κ1) is 13.9. The van der Waals surface area contributed by atoms with E-state index in [-0.39, 0.29) is 16.9 Å². The zero-order valence-corrected chi connectivity index (χ0v) is 12.0. The van der Waals surface area contributed by atoms with Crippen LogP contribution < -0.4 is 5.56 Å². The molecule has 1 saturated carbocycles. The fraction of sp³-hybridized carbons (Fsp3) is 0.353. The SMILES string of the molecule is C=C(C)c1c(O)c2cc(F)ccc2n(CCC2CC2)c1=O. The number of aryl methyl sites for hydroxylation is 1. The molecule has 1 fully saturated rings. The highest BCUT2D eigenvalue weighted by Crippen LogP contribution is 2.34. The van der Waals surface area contributed by atoms with Gasteiger partial charge in [-0.05, 0) is 43.0 Å². The highest BCUT2D eigenvalue weighted by atomic mass is 19.1. The zero-order valence-electron chi connectivity index (χ0n) is 12.0. The van der Waals surface area contributed by atoms with E-state index in [0.29, 0.717) is 28.9 Å². The van der Waals surface area contributed by atoms with E-state index in [9.17, 15) is 14.3 Å². The summed E-state index contributed by atoms with van der Waals surface area (Å²) < 4.78 is 15.1. The molecule has 0 amide bonds. The first-order valence-electron chi connectivity index (χ1n) is 7.20. The Morgan fingerprint density at radius 1 is 1.48 bits per heavy atom. The van der Waals surface area contributed by atoms with Crippen molar-refractivity contribution < 1.29 is 9.50 Å². The summed E-state index contributed by atoms with van der Waals surface area (Å²) in [5, 5.41) is 10.7. The first-order valence-corrected chi connectivity index (χ1v) is 7.20. The number of halogens is 1. The van der Waals surface area contributed by atoms with Gasteiger partial charge in [0.05, 0.1) is 11.1 Å². The Balaban J connectivity index is 2.26. The van der Waals surface area contributed by atoms with Gasteiger partial charge in [-0.1, -0.05) is 19.4 Å². The number of hydrogen-bond acceptors (Lipinski definition) is 2. The van der Waals surface area contributed by atoms with E-state index in [2.05, 4.69) is 6.58 Å². The third kappa shape index (κ3) is 2.46. The van der Waals surface area contributed by atoms with Crippen LogP contribution in [0.1, 0.15) is 31.7 Å². The van der Waals surface area contributed by atoms with Gasteiger partial charge < -0.3 is 9.67 Å². The molecule has 0 radical (unpaired) electrons. The maximum atomic E-state index is 13.5. The number of nitrogens with zero attached hydrogens (tertiary/aromatic N) is 1. The predicted molar refractivity (Wildman–Crippen MR) is 81.9 cm³/mol. The van der Waals surface area contributed by atoms with Crippen LogP contribution in [0.3, 0.4) is 0 Å². The lowest BCUT2D eigenvalue weighted by atomic mass is 10.0. The molecule has 3 rings (SSSR count). The largest absolute Gasteiger partial charge is 0.506 e. The van der Waals surface area contributed by atoms with Gasteiger partial charge in [0, 0.05) is 11.9 Å². The van der Waals surface area contributed by atoms with Crippen molar-refractivity contribution >= 4 is 16.5 Å². The molecule has 2 aromatic rings. The molecule has 3 nitrogen and oxygen atoms in total. The van der Waals surface area contributed by atoms with Crippen LogP contribution in [-0.4, -0.2) is 9.67 Å². The van der Waals surface area contributed by atoms with Crippen LogP contribution in [0.15, 0.2) is 29.6 Å². The van der Waals surface area contributed by atoms with Crippen molar-refractivity contribution in [2.75, 3.05) is 0 Å². The monoisotopic (exact) mass is 287 g/mol. The second kappa shape index (κ2) is 5.02. The maximum absolute atomic E-state index is 13.5. The minimum atomic E-state index is -0.433. The molecule has 1 N–H and O–H groups in total. The number of allylic oxidation sites excluding steroid dienone is 1. The van der Waals surface area contributed by atoms with Crippen LogP contribution in [0.5, 0.6) is 5.75 Å².